The lowest BCUT2D eigenvalue weighted by Crippen LogP contribution is -2.60. The Morgan fingerprint density at radius 2 is 1.77 bits per heavy atom. The van der Waals surface area contributed by atoms with Crippen molar-refractivity contribution in [3.05, 3.63) is 74.6 Å². The predicted molar refractivity (Wildman–Crippen MR) is 98.6 cm³/mol. The molecule has 0 amide bonds. The number of allylic oxidation sites excluding steroid dienone is 4. The topological polar surface area (TPSA) is 48.9 Å². The van der Waals surface area contributed by atoms with Crippen LogP contribution < -0.4 is 11.4 Å². The molecule has 132 valence electrons. The van der Waals surface area contributed by atoms with Crippen molar-refractivity contribution in [3.63, 3.8) is 0 Å². The van der Waals surface area contributed by atoms with E-state index in [1.165, 1.54) is 26.8 Å². The van der Waals surface area contributed by atoms with Gasteiger partial charge in [0.2, 0.25) is 0 Å². The van der Waals surface area contributed by atoms with Gasteiger partial charge in [-0.15, -0.1) is 0 Å². The Kier molecular flexibility index (Phi) is 2.40. The average molecular weight is 348 g/mol. The molecule has 0 radical (unpaired) electrons. The van der Waals surface area contributed by atoms with Crippen LogP contribution in [0.4, 0.5) is 0 Å². The van der Waals surface area contributed by atoms with Gasteiger partial charge in [-0.3, -0.25) is 0 Å². The second-order valence-electron chi connectivity index (χ2n) is 8.02. The van der Waals surface area contributed by atoms with Gasteiger partial charge in [0.05, 0.1) is 19.1 Å². The maximum Gasteiger partial charge on any atom is 0.352 e. The largest absolute Gasteiger partial charge is 0.352 e. The van der Waals surface area contributed by atoms with E-state index in [9.17, 15) is 11.0 Å². The first kappa shape index (κ1) is 13.6. The van der Waals surface area contributed by atoms with Crippen LogP contribution in [0.15, 0.2) is 63.2 Å². The SMILES string of the molecule is [2H]C12C=CC(C3C4=C(CCCC4)C31C)n1c(=O)n(-c3ccccc3)c(=O)n12. The van der Waals surface area contributed by atoms with Crippen LogP contribution in [0.1, 0.15) is 46.0 Å². The van der Waals surface area contributed by atoms with Crippen molar-refractivity contribution < 1.29 is 1.37 Å². The molecule has 2 aliphatic heterocycles. The summed E-state index contributed by atoms with van der Waals surface area (Å²) >= 11 is 0. The second-order valence-corrected chi connectivity index (χ2v) is 8.02. The van der Waals surface area contributed by atoms with Crippen LogP contribution in [0.25, 0.3) is 5.69 Å². The van der Waals surface area contributed by atoms with E-state index in [1.807, 2.05) is 30.4 Å². The molecule has 0 saturated heterocycles. The predicted octanol–water partition coefficient (Wildman–Crippen LogP) is 2.97. The molecule has 0 fully saturated rings. The Morgan fingerprint density at radius 1 is 1.04 bits per heavy atom. The minimum Gasteiger partial charge on any atom is -0.245 e. The van der Waals surface area contributed by atoms with Gasteiger partial charge in [0.15, 0.2) is 0 Å². The summed E-state index contributed by atoms with van der Waals surface area (Å²) in [5.74, 6) is 0.152. The number of hydrogen-bond donors (Lipinski definition) is 0. The summed E-state index contributed by atoms with van der Waals surface area (Å²) in [4.78, 5) is 26.6. The standard InChI is InChI=1S/C21H21N3O2/c1-21-15-10-6-5-9-14(15)18(21)16-11-12-17(21)24-20(26)22(19(25)23(16)24)13-7-3-2-4-8-13/h2-4,7-8,11-12,16-18H,5-6,9-10H2,1H3/i17D. The molecule has 4 unspecified atom stereocenters. The fourth-order valence-corrected chi connectivity index (χ4v) is 5.91. The zero-order valence-electron chi connectivity index (χ0n) is 15.7. The number of rotatable bonds is 1. The summed E-state index contributed by atoms with van der Waals surface area (Å²) in [6.07, 6.45) is 8.24. The lowest BCUT2D eigenvalue weighted by atomic mass is 9.46. The van der Waals surface area contributed by atoms with Crippen LogP contribution in [0.5, 0.6) is 0 Å². The van der Waals surface area contributed by atoms with Gasteiger partial charge in [0.25, 0.3) is 0 Å². The van der Waals surface area contributed by atoms with E-state index in [2.05, 4.69) is 6.92 Å². The monoisotopic (exact) mass is 348 g/mol. The Hall–Kier alpha value is -2.56. The molecule has 4 atom stereocenters. The summed E-state index contributed by atoms with van der Waals surface area (Å²) < 4.78 is 13.6. The third kappa shape index (κ3) is 1.42. The lowest BCUT2D eigenvalue weighted by molar-refractivity contribution is 0.0188. The minimum atomic E-state index is -1.25. The van der Waals surface area contributed by atoms with Crippen LogP contribution in [-0.2, 0) is 0 Å². The average Bonchev–Trinajstić information content (AvgIpc) is 2.95. The molecule has 2 aromatic rings. The van der Waals surface area contributed by atoms with E-state index >= 15 is 0 Å². The van der Waals surface area contributed by atoms with Gasteiger partial charge in [-0.05, 0) is 37.8 Å². The van der Waals surface area contributed by atoms with Gasteiger partial charge in [-0.2, -0.15) is 0 Å². The normalized spacial score (nSPS) is 36.9. The first-order valence-electron chi connectivity index (χ1n) is 9.94. The van der Waals surface area contributed by atoms with E-state index in [4.69, 9.17) is 0 Å². The molecule has 0 spiro atoms. The van der Waals surface area contributed by atoms with Gasteiger partial charge >= 0.3 is 11.4 Å². The minimum absolute atomic E-state index is 0.152. The number of nitrogens with zero attached hydrogens (tertiary/aromatic N) is 3. The van der Waals surface area contributed by atoms with E-state index in [1.54, 1.807) is 16.8 Å². The number of aromatic nitrogens is 3. The summed E-state index contributed by atoms with van der Waals surface area (Å²) in [6.45, 7) is 2.13. The molecule has 3 aliphatic carbocycles. The highest BCUT2D eigenvalue weighted by Crippen LogP contribution is 2.68. The Bertz CT molecular complexity index is 1170. The summed E-state index contributed by atoms with van der Waals surface area (Å²) in [7, 11) is 0. The van der Waals surface area contributed by atoms with Crippen molar-refractivity contribution in [2.24, 2.45) is 11.3 Å². The Labute approximate surface area is 152 Å². The molecule has 1 aromatic carbocycles. The number of benzene rings is 1. The zero-order valence-corrected chi connectivity index (χ0v) is 14.7. The fourth-order valence-electron chi connectivity index (χ4n) is 5.91. The fraction of sp³-hybridized carbons (Fsp3) is 0.429. The van der Waals surface area contributed by atoms with Crippen molar-refractivity contribution in [1.82, 2.24) is 13.9 Å². The van der Waals surface area contributed by atoms with E-state index in [0.29, 0.717) is 5.69 Å². The van der Waals surface area contributed by atoms with Crippen LogP contribution >= 0.6 is 0 Å². The molecule has 26 heavy (non-hydrogen) atoms. The number of hydrogen-bond acceptors (Lipinski definition) is 2. The van der Waals surface area contributed by atoms with Crippen molar-refractivity contribution in [2.75, 3.05) is 0 Å². The smallest absolute Gasteiger partial charge is 0.245 e. The van der Waals surface area contributed by atoms with Gasteiger partial charge in [-0.1, -0.05) is 48.4 Å². The molecule has 1 aromatic heterocycles. The molecule has 5 aliphatic rings. The van der Waals surface area contributed by atoms with E-state index < -0.39 is 17.1 Å². The summed E-state index contributed by atoms with van der Waals surface area (Å²) in [5, 5.41) is 0. The Balaban J connectivity index is 1.66. The second kappa shape index (κ2) is 4.58. The van der Waals surface area contributed by atoms with Gasteiger partial charge < -0.3 is 0 Å². The molecule has 3 heterocycles. The first-order chi connectivity index (χ1) is 13.0. The van der Waals surface area contributed by atoms with Crippen molar-refractivity contribution in [3.8, 4) is 5.69 Å². The summed E-state index contributed by atoms with van der Waals surface area (Å²) in [5.41, 5.74) is 2.19. The molecular formula is C21H21N3O2. The number of para-hydroxylation sites is 1. The van der Waals surface area contributed by atoms with Crippen LogP contribution in [0.3, 0.4) is 0 Å². The Morgan fingerprint density at radius 3 is 2.58 bits per heavy atom. The van der Waals surface area contributed by atoms with Crippen LogP contribution in [0.2, 0.25) is 0 Å². The molecule has 0 saturated carbocycles. The van der Waals surface area contributed by atoms with Crippen molar-refractivity contribution in [2.45, 2.75) is 44.7 Å². The molecule has 7 rings (SSSR count). The van der Waals surface area contributed by atoms with Crippen LogP contribution in [-0.4, -0.2) is 13.9 Å². The molecule has 5 nitrogen and oxygen atoms in total. The molecule has 0 N–H and O–H groups in total. The highest BCUT2D eigenvalue weighted by Gasteiger charge is 2.63. The van der Waals surface area contributed by atoms with Gasteiger partial charge in [0.1, 0.15) is 0 Å². The molecule has 5 heteroatoms. The van der Waals surface area contributed by atoms with Gasteiger partial charge in [0, 0.05) is 11.3 Å². The molecular weight excluding hydrogens is 326 g/mol. The molecule has 2 bridgehead atoms. The third-order valence-corrected chi connectivity index (χ3v) is 6.96. The highest BCUT2D eigenvalue weighted by atomic mass is 16.2. The van der Waals surface area contributed by atoms with Crippen molar-refractivity contribution >= 4 is 0 Å². The third-order valence-electron chi connectivity index (χ3n) is 6.96. The zero-order chi connectivity index (χ0) is 18.6. The lowest BCUT2D eigenvalue weighted by Gasteiger charge is -2.63. The first-order valence-corrected chi connectivity index (χ1v) is 9.44. The van der Waals surface area contributed by atoms with E-state index in [0.717, 1.165) is 19.3 Å². The van der Waals surface area contributed by atoms with Crippen molar-refractivity contribution in [1.29, 1.82) is 0 Å². The summed E-state index contributed by atoms with van der Waals surface area (Å²) in [6, 6.07) is 7.59. The highest BCUT2D eigenvalue weighted by molar-refractivity contribution is 5.47. The van der Waals surface area contributed by atoms with Gasteiger partial charge in [-0.25, -0.2) is 23.5 Å². The maximum atomic E-state index is 13.3. The van der Waals surface area contributed by atoms with E-state index in [-0.39, 0.29) is 17.6 Å². The van der Waals surface area contributed by atoms with Crippen LogP contribution in [0, 0.1) is 11.3 Å². The quantitative estimate of drug-likeness (QED) is 0.744. The maximum absolute atomic E-state index is 13.3.